The van der Waals surface area contributed by atoms with Crippen LogP contribution in [-0.4, -0.2) is 41.1 Å². The van der Waals surface area contributed by atoms with Crippen LogP contribution in [0.4, 0.5) is 5.69 Å². The van der Waals surface area contributed by atoms with E-state index in [0.717, 1.165) is 22.5 Å². The van der Waals surface area contributed by atoms with Crippen LogP contribution in [0.3, 0.4) is 0 Å². The highest BCUT2D eigenvalue weighted by atomic mass is 16.2. The zero-order valence-electron chi connectivity index (χ0n) is 15.7. The molecule has 0 aliphatic rings. The standard InChI is InChI=1S/C19H18N8O/c1-12-4-9-17(13(2)10-12)27-22-14(3)18(23-27)19(28)21-15-5-7-16(8-6-15)26-11-20-24-25-26/h4-11H,1-3H3,(H,21,28). The Kier molecular flexibility index (Phi) is 4.40. The van der Waals surface area contributed by atoms with Gasteiger partial charge in [0.1, 0.15) is 6.33 Å². The Morgan fingerprint density at radius 3 is 2.46 bits per heavy atom. The number of carbonyl (C=O) groups excluding carboxylic acids is 1. The zero-order chi connectivity index (χ0) is 19.7. The Hall–Kier alpha value is -3.88. The van der Waals surface area contributed by atoms with Gasteiger partial charge < -0.3 is 5.32 Å². The molecule has 140 valence electrons. The van der Waals surface area contributed by atoms with Crippen molar-refractivity contribution in [2.45, 2.75) is 20.8 Å². The number of nitrogens with zero attached hydrogens (tertiary/aromatic N) is 7. The average Bonchev–Trinajstić information content (AvgIpc) is 3.32. The highest BCUT2D eigenvalue weighted by Gasteiger charge is 2.17. The summed E-state index contributed by atoms with van der Waals surface area (Å²) in [6.45, 7) is 5.79. The van der Waals surface area contributed by atoms with E-state index in [1.807, 2.05) is 38.1 Å². The van der Waals surface area contributed by atoms with Gasteiger partial charge in [-0.15, -0.1) is 10.2 Å². The van der Waals surface area contributed by atoms with Crippen LogP contribution in [0, 0.1) is 20.8 Å². The summed E-state index contributed by atoms with van der Waals surface area (Å²) >= 11 is 0. The number of nitrogens with one attached hydrogen (secondary N) is 1. The summed E-state index contributed by atoms with van der Waals surface area (Å²) in [6, 6.07) is 13.2. The van der Waals surface area contributed by atoms with Crippen molar-refractivity contribution in [3.63, 3.8) is 0 Å². The number of amides is 1. The number of aryl methyl sites for hydroxylation is 3. The molecule has 9 nitrogen and oxygen atoms in total. The smallest absolute Gasteiger partial charge is 0.278 e. The van der Waals surface area contributed by atoms with E-state index in [0.29, 0.717) is 11.4 Å². The molecule has 0 aliphatic heterocycles. The molecule has 2 heterocycles. The second-order valence-corrected chi connectivity index (χ2v) is 6.47. The van der Waals surface area contributed by atoms with E-state index in [2.05, 4.69) is 37.1 Å². The van der Waals surface area contributed by atoms with Crippen LogP contribution in [0.1, 0.15) is 27.3 Å². The first-order valence-electron chi connectivity index (χ1n) is 8.67. The highest BCUT2D eigenvalue weighted by molar-refractivity contribution is 6.03. The van der Waals surface area contributed by atoms with Gasteiger partial charge in [-0.3, -0.25) is 4.79 Å². The van der Waals surface area contributed by atoms with Crippen molar-refractivity contribution < 1.29 is 4.79 Å². The lowest BCUT2D eigenvalue weighted by Gasteiger charge is -2.06. The third-order valence-corrected chi connectivity index (χ3v) is 4.30. The minimum atomic E-state index is -0.316. The van der Waals surface area contributed by atoms with Gasteiger partial charge in [0.15, 0.2) is 5.69 Å². The van der Waals surface area contributed by atoms with Crippen molar-refractivity contribution in [2.24, 2.45) is 0 Å². The maximum Gasteiger partial charge on any atom is 0.278 e. The lowest BCUT2D eigenvalue weighted by atomic mass is 10.1. The number of benzene rings is 2. The lowest BCUT2D eigenvalue weighted by Crippen LogP contribution is -2.14. The summed E-state index contributed by atoms with van der Waals surface area (Å²) < 4.78 is 1.53. The van der Waals surface area contributed by atoms with Crippen molar-refractivity contribution in [3.8, 4) is 11.4 Å². The molecule has 0 spiro atoms. The van der Waals surface area contributed by atoms with Gasteiger partial charge in [-0.1, -0.05) is 17.7 Å². The number of anilines is 1. The van der Waals surface area contributed by atoms with E-state index in [4.69, 9.17) is 0 Å². The van der Waals surface area contributed by atoms with Crippen molar-refractivity contribution in [1.82, 2.24) is 35.2 Å². The van der Waals surface area contributed by atoms with Crippen LogP contribution in [0.15, 0.2) is 48.8 Å². The van der Waals surface area contributed by atoms with Crippen LogP contribution in [0.5, 0.6) is 0 Å². The SMILES string of the molecule is Cc1ccc(-n2nc(C)c(C(=O)Nc3ccc(-n4cnnn4)cc3)n2)c(C)c1. The lowest BCUT2D eigenvalue weighted by molar-refractivity contribution is 0.102. The molecule has 0 unspecified atom stereocenters. The highest BCUT2D eigenvalue weighted by Crippen LogP contribution is 2.17. The Morgan fingerprint density at radius 1 is 1.00 bits per heavy atom. The van der Waals surface area contributed by atoms with E-state index >= 15 is 0 Å². The number of aromatic nitrogens is 7. The molecule has 1 N–H and O–H groups in total. The Morgan fingerprint density at radius 2 is 1.79 bits per heavy atom. The molecule has 28 heavy (non-hydrogen) atoms. The molecule has 2 aromatic carbocycles. The molecule has 2 aromatic heterocycles. The van der Waals surface area contributed by atoms with Gasteiger partial charge in [0.2, 0.25) is 0 Å². The second-order valence-electron chi connectivity index (χ2n) is 6.47. The van der Waals surface area contributed by atoms with Gasteiger partial charge >= 0.3 is 0 Å². The minimum absolute atomic E-state index is 0.282. The van der Waals surface area contributed by atoms with Crippen LogP contribution >= 0.6 is 0 Å². The fourth-order valence-corrected chi connectivity index (χ4v) is 2.89. The third-order valence-electron chi connectivity index (χ3n) is 4.30. The normalized spacial score (nSPS) is 10.8. The molecule has 0 fully saturated rings. The van der Waals surface area contributed by atoms with Crippen LogP contribution in [0.2, 0.25) is 0 Å². The molecular weight excluding hydrogens is 356 g/mol. The second kappa shape index (κ2) is 7.03. The summed E-state index contributed by atoms with van der Waals surface area (Å²) in [7, 11) is 0. The Bertz CT molecular complexity index is 1130. The maximum atomic E-state index is 12.7. The van der Waals surface area contributed by atoms with Crippen LogP contribution < -0.4 is 5.32 Å². The molecule has 4 aromatic rings. The predicted octanol–water partition coefficient (Wildman–Crippen LogP) is 2.42. The zero-order valence-corrected chi connectivity index (χ0v) is 15.7. The number of hydrogen-bond acceptors (Lipinski definition) is 6. The molecule has 0 bridgehead atoms. The monoisotopic (exact) mass is 374 g/mol. The first kappa shape index (κ1) is 17.5. The number of tetrazole rings is 1. The third kappa shape index (κ3) is 3.37. The topological polar surface area (TPSA) is 103 Å². The quantitative estimate of drug-likeness (QED) is 0.588. The average molecular weight is 374 g/mol. The van der Waals surface area contributed by atoms with Crippen molar-refractivity contribution in [3.05, 3.63) is 71.3 Å². The molecular formula is C19H18N8O. The van der Waals surface area contributed by atoms with Crippen molar-refractivity contribution >= 4 is 11.6 Å². The van der Waals surface area contributed by atoms with Gasteiger partial charge in [0, 0.05) is 5.69 Å². The van der Waals surface area contributed by atoms with Crippen LogP contribution in [-0.2, 0) is 0 Å². The van der Waals surface area contributed by atoms with Gasteiger partial charge in [-0.2, -0.15) is 9.90 Å². The van der Waals surface area contributed by atoms with E-state index < -0.39 is 0 Å². The largest absolute Gasteiger partial charge is 0.321 e. The number of carbonyl (C=O) groups is 1. The summed E-state index contributed by atoms with van der Waals surface area (Å²) in [5.74, 6) is -0.316. The molecule has 0 atom stereocenters. The van der Waals surface area contributed by atoms with Gasteiger partial charge in [0.25, 0.3) is 5.91 Å². The molecule has 4 rings (SSSR count). The summed E-state index contributed by atoms with van der Waals surface area (Å²) in [6.07, 6.45) is 1.50. The predicted molar refractivity (Wildman–Crippen MR) is 103 cm³/mol. The first-order chi connectivity index (χ1) is 13.5. The van der Waals surface area contributed by atoms with E-state index in [1.165, 1.54) is 15.8 Å². The fourth-order valence-electron chi connectivity index (χ4n) is 2.89. The Labute approximate surface area is 161 Å². The maximum absolute atomic E-state index is 12.7. The number of hydrogen-bond donors (Lipinski definition) is 1. The molecule has 0 radical (unpaired) electrons. The summed E-state index contributed by atoms with van der Waals surface area (Å²) in [4.78, 5) is 14.2. The molecule has 9 heteroatoms. The molecule has 1 amide bonds. The van der Waals surface area contributed by atoms with Gasteiger partial charge in [-0.05, 0) is 67.1 Å². The molecule has 0 saturated heterocycles. The minimum Gasteiger partial charge on any atom is -0.321 e. The van der Waals surface area contributed by atoms with Crippen molar-refractivity contribution in [1.29, 1.82) is 0 Å². The molecule has 0 saturated carbocycles. The Balaban J connectivity index is 1.54. The molecule has 0 aliphatic carbocycles. The van der Waals surface area contributed by atoms with E-state index in [9.17, 15) is 4.79 Å². The van der Waals surface area contributed by atoms with E-state index in [1.54, 1.807) is 19.1 Å². The van der Waals surface area contributed by atoms with Gasteiger partial charge in [-0.25, -0.2) is 4.68 Å². The first-order valence-corrected chi connectivity index (χ1v) is 8.67. The van der Waals surface area contributed by atoms with E-state index in [-0.39, 0.29) is 11.6 Å². The number of rotatable bonds is 4. The van der Waals surface area contributed by atoms with Crippen molar-refractivity contribution in [2.75, 3.05) is 5.32 Å². The van der Waals surface area contributed by atoms with Gasteiger partial charge in [0.05, 0.1) is 17.1 Å². The summed E-state index contributed by atoms with van der Waals surface area (Å²) in [5, 5.41) is 22.7. The fraction of sp³-hybridized carbons (Fsp3) is 0.158. The van der Waals surface area contributed by atoms with Crippen LogP contribution in [0.25, 0.3) is 11.4 Å². The summed E-state index contributed by atoms with van der Waals surface area (Å²) in [5.41, 5.74) is 5.32.